The first kappa shape index (κ1) is 14.2. The fraction of sp³-hybridized carbons (Fsp3) is 0.600. The Morgan fingerprint density at radius 2 is 2.16 bits per heavy atom. The molecular formula is C15H24N2O2. The number of benzene rings is 1. The summed E-state index contributed by atoms with van der Waals surface area (Å²) in [5.41, 5.74) is 6.78. The van der Waals surface area contributed by atoms with Crippen molar-refractivity contribution in [3.8, 4) is 5.75 Å². The molecule has 2 rings (SSSR count). The van der Waals surface area contributed by atoms with Crippen LogP contribution >= 0.6 is 0 Å². The van der Waals surface area contributed by atoms with Crippen LogP contribution in [-0.4, -0.2) is 36.4 Å². The molecule has 1 heterocycles. The Bertz CT molecular complexity index is 422. The molecular weight excluding hydrogens is 240 g/mol. The molecule has 19 heavy (non-hydrogen) atoms. The van der Waals surface area contributed by atoms with Crippen LogP contribution in [0.4, 0.5) is 5.69 Å². The van der Waals surface area contributed by atoms with Crippen molar-refractivity contribution >= 4 is 5.69 Å². The van der Waals surface area contributed by atoms with E-state index in [0.717, 1.165) is 30.8 Å². The fourth-order valence-electron chi connectivity index (χ4n) is 2.57. The minimum absolute atomic E-state index is 0.0245. The number of aliphatic hydroxyl groups is 1. The van der Waals surface area contributed by atoms with Crippen LogP contribution in [0.15, 0.2) is 24.3 Å². The van der Waals surface area contributed by atoms with Gasteiger partial charge in [0.05, 0.1) is 23.9 Å². The average molecular weight is 264 g/mol. The van der Waals surface area contributed by atoms with E-state index in [-0.39, 0.29) is 12.7 Å². The van der Waals surface area contributed by atoms with Gasteiger partial charge in [0, 0.05) is 13.1 Å². The monoisotopic (exact) mass is 264 g/mol. The van der Waals surface area contributed by atoms with E-state index in [0.29, 0.717) is 6.54 Å². The second-order valence-electron chi connectivity index (χ2n) is 5.68. The van der Waals surface area contributed by atoms with Gasteiger partial charge in [0.25, 0.3) is 0 Å². The van der Waals surface area contributed by atoms with Gasteiger partial charge in [-0.05, 0) is 38.8 Å². The molecule has 0 saturated carbocycles. The predicted molar refractivity (Wildman–Crippen MR) is 77.7 cm³/mol. The van der Waals surface area contributed by atoms with E-state index in [1.807, 2.05) is 32.0 Å². The third-order valence-corrected chi connectivity index (χ3v) is 3.49. The highest BCUT2D eigenvalue weighted by atomic mass is 16.5. The second-order valence-corrected chi connectivity index (χ2v) is 5.68. The van der Waals surface area contributed by atoms with Crippen molar-refractivity contribution in [2.24, 2.45) is 5.73 Å². The molecule has 1 unspecified atom stereocenters. The standard InChI is InChI=1S/C15H24N2O2/c1-12(2)19-14-7-4-3-6-13(14)17-9-5-8-15(16,10-17)11-18/h3-4,6-7,12,18H,5,8-11,16H2,1-2H3. The van der Waals surface area contributed by atoms with E-state index in [1.165, 1.54) is 0 Å². The first-order valence-electron chi connectivity index (χ1n) is 6.94. The van der Waals surface area contributed by atoms with E-state index in [4.69, 9.17) is 10.5 Å². The highest BCUT2D eigenvalue weighted by Crippen LogP contribution is 2.32. The average Bonchev–Trinajstić information content (AvgIpc) is 2.39. The molecule has 1 aliphatic rings. The lowest BCUT2D eigenvalue weighted by Crippen LogP contribution is -2.56. The quantitative estimate of drug-likeness (QED) is 0.870. The molecule has 4 nitrogen and oxygen atoms in total. The number of hydrogen-bond acceptors (Lipinski definition) is 4. The third-order valence-electron chi connectivity index (χ3n) is 3.49. The highest BCUT2D eigenvalue weighted by molar-refractivity contribution is 5.59. The van der Waals surface area contributed by atoms with Crippen molar-refractivity contribution in [2.45, 2.75) is 38.3 Å². The van der Waals surface area contributed by atoms with E-state index in [1.54, 1.807) is 0 Å². The first-order valence-corrected chi connectivity index (χ1v) is 6.94. The second kappa shape index (κ2) is 5.80. The lowest BCUT2D eigenvalue weighted by molar-refractivity contribution is 0.176. The molecule has 106 valence electrons. The van der Waals surface area contributed by atoms with E-state index < -0.39 is 5.54 Å². The summed E-state index contributed by atoms with van der Waals surface area (Å²) in [6, 6.07) is 8.03. The molecule has 1 aliphatic heterocycles. The minimum atomic E-state index is -0.497. The lowest BCUT2D eigenvalue weighted by Gasteiger charge is -2.40. The Morgan fingerprint density at radius 3 is 2.84 bits per heavy atom. The summed E-state index contributed by atoms with van der Waals surface area (Å²) in [6.45, 7) is 5.69. The Labute approximate surface area is 115 Å². The van der Waals surface area contributed by atoms with Gasteiger partial charge >= 0.3 is 0 Å². The molecule has 1 fully saturated rings. The van der Waals surface area contributed by atoms with E-state index in [9.17, 15) is 5.11 Å². The van der Waals surface area contributed by atoms with Gasteiger partial charge in [-0.1, -0.05) is 12.1 Å². The SMILES string of the molecule is CC(C)Oc1ccccc1N1CCCC(N)(CO)C1. The molecule has 1 saturated heterocycles. The van der Waals surface area contributed by atoms with Crippen molar-refractivity contribution in [1.29, 1.82) is 0 Å². The number of ether oxygens (including phenoxy) is 1. The predicted octanol–water partition coefficient (Wildman–Crippen LogP) is 1.76. The molecule has 1 aromatic carbocycles. The number of hydrogen-bond donors (Lipinski definition) is 2. The zero-order valence-electron chi connectivity index (χ0n) is 11.8. The number of para-hydroxylation sites is 2. The molecule has 0 radical (unpaired) electrons. The number of piperidine rings is 1. The van der Waals surface area contributed by atoms with Crippen LogP contribution in [0.25, 0.3) is 0 Å². The van der Waals surface area contributed by atoms with Crippen LogP contribution in [0.2, 0.25) is 0 Å². The molecule has 3 N–H and O–H groups in total. The van der Waals surface area contributed by atoms with Crippen molar-refractivity contribution in [2.75, 3.05) is 24.6 Å². The summed E-state index contributed by atoms with van der Waals surface area (Å²) >= 11 is 0. The largest absolute Gasteiger partial charge is 0.489 e. The number of anilines is 1. The van der Waals surface area contributed by atoms with Gasteiger partial charge in [-0.2, -0.15) is 0 Å². The zero-order valence-corrected chi connectivity index (χ0v) is 11.8. The summed E-state index contributed by atoms with van der Waals surface area (Å²) in [5.74, 6) is 0.889. The molecule has 0 amide bonds. The molecule has 1 atom stereocenters. The normalized spacial score (nSPS) is 23.7. The number of nitrogens with two attached hydrogens (primary N) is 1. The zero-order chi connectivity index (χ0) is 13.9. The molecule has 0 spiro atoms. The van der Waals surface area contributed by atoms with Crippen LogP contribution in [0, 0.1) is 0 Å². The van der Waals surface area contributed by atoms with Crippen molar-refractivity contribution in [3.05, 3.63) is 24.3 Å². The van der Waals surface area contributed by atoms with Crippen LogP contribution in [0.1, 0.15) is 26.7 Å². The van der Waals surface area contributed by atoms with Crippen molar-refractivity contribution in [1.82, 2.24) is 0 Å². The minimum Gasteiger partial charge on any atom is -0.489 e. The summed E-state index contributed by atoms with van der Waals surface area (Å²) in [7, 11) is 0. The maximum Gasteiger partial charge on any atom is 0.142 e. The van der Waals surface area contributed by atoms with Crippen molar-refractivity contribution in [3.63, 3.8) is 0 Å². The van der Waals surface area contributed by atoms with Gasteiger partial charge in [0.1, 0.15) is 5.75 Å². The molecule has 0 aliphatic carbocycles. The van der Waals surface area contributed by atoms with Crippen LogP contribution in [0.3, 0.4) is 0 Å². The van der Waals surface area contributed by atoms with Crippen LogP contribution < -0.4 is 15.4 Å². The maximum absolute atomic E-state index is 9.45. The van der Waals surface area contributed by atoms with Gasteiger partial charge < -0.3 is 20.5 Å². The summed E-state index contributed by atoms with van der Waals surface area (Å²) in [6.07, 6.45) is 2.01. The van der Waals surface area contributed by atoms with Crippen molar-refractivity contribution < 1.29 is 9.84 Å². The Morgan fingerprint density at radius 1 is 1.42 bits per heavy atom. The molecule has 0 aromatic heterocycles. The Hall–Kier alpha value is -1.26. The van der Waals surface area contributed by atoms with Gasteiger partial charge in [0.15, 0.2) is 0 Å². The maximum atomic E-state index is 9.45. The molecule has 0 bridgehead atoms. The number of aliphatic hydroxyl groups excluding tert-OH is 1. The summed E-state index contributed by atoms with van der Waals surface area (Å²) in [5, 5.41) is 9.45. The summed E-state index contributed by atoms with van der Waals surface area (Å²) in [4.78, 5) is 2.22. The number of rotatable bonds is 4. The van der Waals surface area contributed by atoms with Gasteiger partial charge in [-0.15, -0.1) is 0 Å². The Kier molecular flexibility index (Phi) is 4.32. The molecule has 4 heteroatoms. The van der Waals surface area contributed by atoms with Gasteiger partial charge in [-0.3, -0.25) is 0 Å². The lowest BCUT2D eigenvalue weighted by atomic mass is 9.90. The fourth-order valence-corrected chi connectivity index (χ4v) is 2.57. The van der Waals surface area contributed by atoms with Crippen LogP contribution in [0.5, 0.6) is 5.75 Å². The highest BCUT2D eigenvalue weighted by Gasteiger charge is 2.32. The van der Waals surface area contributed by atoms with Gasteiger partial charge in [0.2, 0.25) is 0 Å². The number of nitrogens with zero attached hydrogens (tertiary/aromatic N) is 1. The van der Waals surface area contributed by atoms with Crippen LogP contribution in [-0.2, 0) is 0 Å². The smallest absolute Gasteiger partial charge is 0.142 e. The van der Waals surface area contributed by atoms with E-state index >= 15 is 0 Å². The topological polar surface area (TPSA) is 58.7 Å². The van der Waals surface area contributed by atoms with Gasteiger partial charge in [-0.25, -0.2) is 0 Å². The van der Waals surface area contributed by atoms with E-state index in [2.05, 4.69) is 11.0 Å². The summed E-state index contributed by atoms with van der Waals surface area (Å²) < 4.78 is 5.86. The first-order chi connectivity index (χ1) is 9.04. The Balaban J connectivity index is 2.21. The molecule has 1 aromatic rings. The third kappa shape index (κ3) is 3.39.